The number of aliphatic hydroxyl groups is 1. The van der Waals surface area contributed by atoms with Crippen molar-refractivity contribution >= 4 is 11.9 Å². The van der Waals surface area contributed by atoms with Crippen LogP contribution in [-0.2, 0) is 25.5 Å². The van der Waals surface area contributed by atoms with Gasteiger partial charge in [-0.15, -0.1) is 0 Å². The third-order valence-corrected chi connectivity index (χ3v) is 6.70. The number of cyclic esters (lactones) is 1. The van der Waals surface area contributed by atoms with Gasteiger partial charge in [0.05, 0.1) is 0 Å². The van der Waals surface area contributed by atoms with Crippen molar-refractivity contribution in [3.05, 3.63) is 82.4 Å². The lowest BCUT2D eigenvalue weighted by Crippen LogP contribution is -2.18. The van der Waals surface area contributed by atoms with Crippen LogP contribution in [0.3, 0.4) is 0 Å². The molecule has 1 unspecified atom stereocenters. The fraction of sp³-hybridized carbons (Fsp3) is 0.486. The van der Waals surface area contributed by atoms with Gasteiger partial charge in [0.2, 0.25) is 0 Å². The highest BCUT2D eigenvalue weighted by molar-refractivity contribution is 5.90. The third-order valence-electron chi connectivity index (χ3n) is 6.70. The molecular formula is C35H46O5. The molecule has 0 amide bonds. The van der Waals surface area contributed by atoms with Crippen LogP contribution in [0.5, 0.6) is 0 Å². The van der Waals surface area contributed by atoms with Crippen molar-refractivity contribution in [2.24, 2.45) is 17.8 Å². The van der Waals surface area contributed by atoms with Crippen LogP contribution in [-0.4, -0.2) is 36.9 Å². The number of aryl methyl sites for hydroxylation is 2. The number of benzene rings is 2. The van der Waals surface area contributed by atoms with Gasteiger partial charge in [-0.05, 0) is 80.2 Å². The molecular weight excluding hydrogens is 500 g/mol. The number of hydrogen-bond acceptors (Lipinski definition) is 5. The molecule has 1 heterocycles. The number of carbonyl (C=O) groups excluding carboxylic acids is 2. The molecule has 1 aliphatic rings. The normalized spacial score (nSPS) is 15.5. The molecule has 0 spiro atoms. The predicted molar refractivity (Wildman–Crippen MR) is 161 cm³/mol. The Morgan fingerprint density at radius 2 is 1.52 bits per heavy atom. The Morgan fingerprint density at radius 1 is 0.975 bits per heavy atom. The van der Waals surface area contributed by atoms with Crippen molar-refractivity contribution in [2.45, 2.75) is 79.2 Å². The van der Waals surface area contributed by atoms with E-state index in [1.165, 1.54) is 5.56 Å². The summed E-state index contributed by atoms with van der Waals surface area (Å²) in [5.41, 5.74) is 4.90. The summed E-state index contributed by atoms with van der Waals surface area (Å²) in [5, 5.41) is 7.00. The van der Waals surface area contributed by atoms with Gasteiger partial charge in [-0.3, -0.25) is 4.79 Å². The summed E-state index contributed by atoms with van der Waals surface area (Å²) in [7, 11) is 1.00. The highest BCUT2D eigenvalue weighted by Crippen LogP contribution is 2.27. The van der Waals surface area contributed by atoms with Gasteiger partial charge in [-0.2, -0.15) is 0 Å². The Hall–Kier alpha value is -3.36. The number of rotatable bonds is 11. The van der Waals surface area contributed by atoms with E-state index in [1.54, 1.807) is 0 Å². The minimum atomic E-state index is -0.391. The van der Waals surface area contributed by atoms with Gasteiger partial charge in [0.25, 0.3) is 0 Å². The number of carbonyl (C=O) groups is 2. The molecule has 2 aromatic carbocycles. The van der Waals surface area contributed by atoms with Crippen molar-refractivity contribution in [2.75, 3.05) is 13.7 Å². The highest BCUT2D eigenvalue weighted by Gasteiger charge is 2.30. The summed E-state index contributed by atoms with van der Waals surface area (Å²) >= 11 is 0. The molecule has 3 rings (SSSR count). The quantitative estimate of drug-likeness (QED) is 0.190. The van der Waals surface area contributed by atoms with Crippen molar-refractivity contribution in [1.29, 1.82) is 0 Å². The zero-order chi connectivity index (χ0) is 29.5. The first-order chi connectivity index (χ1) is 19.2. The summed E-state index contributed by atoms with van der Waals surface area (Å²) in [4.78, 5) is 24.6. The topological polar surface area (TPSA) is 72.8 Å². The molecule has 5 nitrogen and oxygen atoms in total. The fourth-order valence-electron chi connectivity index (χ4n) is 4.83. The summed E-state index contributed by atoms with van der Waals surface area (Å²) < 4.78 is 10.9. The second-order valence-electron chi connectivity index (χ2n) is 11.3. The summed E-state index contributed by atoms with van der Waals surface area (Å²) in [5.74, 6) is 7.63. The number of ether oxygens (including phenoxy) is 2. The Kier molecular flexibility index (Phi) is 14.3. The monoisotopic (exact) mass is 546 g/mol. The summed E-state index contributed by atoms with van der Waals surface area (Å²) in [6, 6.07) is 16.1. The van der Waals surface area contributed by atoms with Gasteiger partial charge in [0.1, 0.15) is 12.7 Å². The summed E-state index contributed by atoms with van der Waals surface area (Å²) in [6.45, 7) is 11.1. The molecule has 2 aromatic rings. The van der Waals surface area contributed by atoms with Crippen molar-refractivity contribution in [1.82, 2.24) is 0 Å². The lowest BCUT2D eigenvalue weighted by atomic mass is 9.86. The van der Waals surface area contributed by atoms with Crippen LogP contribution in [0.2, 0.25) is 0 Å². The van der Waals surface area contributed by atoms with E-state index in [1.807, 2.05) is 36.4 Å². The Bertz CT molecular complexity index is 1140. The molecule has 0 aliphatic carbocycles. The van der Waals surface area contributed by atoms with E-state index in [2.05, 4.69) is 64.7 Å². The molecule has 0 saturated carbocycles. The van der Waals surface area contributed by atoms with Gasteiger partial charge >= 0.3 is 11.9 Å². The van der Waals surface area contributed by atoms with Gasteiger partial charge in [0, 0.05) is 36.7 Å². The molecule has 0 aromatic heterocycles. The van der Waals surface area contributed by atoms with E-state index in [0.717, 1.165) is 43.1 Å². The zero-order valence-electron chi connectivity index (χ0n) is 25.0. The van der Waals surface area contributed by atoms with E-state index in [0.29, 0.717) is 36.2 Å². The van der Waals surface area contributed by atoms with Crippen molar-refractivity contribution in [3.63, 3.8) is 0 Å². The Morgan fingerprint density at radius 3 is 2.08 bits per heavy atom. The molecule has 1 saturated heterocycles. The van der Waals surface area contributed by atoms with Crippen LogP contribution in [0.4, 0.5) is 0 Å². The third kappa shape index (κ3) is 12.2. The first-order valence-corrected chi connectivity index (χ1v) is 14.4. The van der Waals surface area contributed by atoms with E-state index in [-0.39, 0.29) is 25.0 Å². The second-order valence-corrected chi connectivity index (χ2v) is 11.3. The number of allylic oxidation sites excluding steroid dienone is 1. The first-order valence-electron chi connectivity index (χ1n) is 14.4. The van der Waals surface area contributed by atoms with Crippen LogP contribution < -0.4 is 0 Å². The van der Waals surface area contributed by atoms with Crippen LogP contribution in [0.15, 0.2) is 60.2 Å². The number of esters is 2. The van der Waals surface area contributed by atoms with Crippen LogP contribution >= 0.6 is 0 Å². The first kappa shape index (κ1) is 32.8. The molecule has 1 fully saturated rings. The largest absolute Gasteiger partial charge is 0.462 e. The fourth-order valence-corrected chi connectivity index (χ4v) is 4.83. The predicted octanol–water partition coefficient (Wildman–Crippen LogP) is 6.82. The molecule has 216 valence electrons. The number of hydrogen-bond donors (Lipinski definition) is 1. The van der Waals surface area contributed by atoms with Crippen LogP contribution in [0.1, 0.15) is 82.1 Å². The standard InChI is InChI=1S/C34H42O4.CH4O/c1-24(2)20-30(21-25(3)4)16-18-31-22-32(38-34(31)36)23-37-33(35)19-17-29-14-12-28(13-15-29)11-10-27-8-6-26(5)7-9-27;1-2/h6-9,12-15,18,24-25,30,32H,16-17,19-23H2,1-5H3;2H,1H3/b31-18+;. The van der Waals surface area contributed by atoms with E-state index >= 15 is 0 Å². The average molecular weight is 547 g/mol. The molecule has 5 heteroatoms. The van der Waals surface area contributed by atoms with E-state index < -0.39 is 6.10 Å². The Balaban J connectivity index is 0.00000274. The lowest BCUT2D eigenvalue weighted by Gasteiger charge is -2.19. The molecule has 1 aliphatic heterocycles. The minimum Gasteiger partial charge on any atom is -0.462 e. The van der Waals surface area contributed by atoms with Crippen molar-refractivity contribution < 1.29 is 24.2 Å². The van der Waals surface area contributed by atoms with Gasteiger partial charge in [-0.25, -0.2) is 4.79 Å². The van der Waals surface area contributed by atoms with Crippen LogP contribution in [0.25, 0.3) is 0 Å². The maximum absolute atomic E-state index is 12.3. The maximum Gasteiger partial charge on any atom is 0.334 e. The highest BCUT2D eigenvalue weighted by atomic mass is 16.6. The SMILES string of the molecule is CO.Cc1ccc(C#Cc2ccc(CCC(=O)OCC3C/C(=C\CC(CC(C)C)CC(C)C)C(=O)O3)cc2)cc1. The number of aliphatic hydroxyl groups excluding tert-OH is 1. The smallest absolute Gasteiger partial charge is 0.334 e. The van der Waals surface area contributed by atoms with E-state index in [4.69, 9.17) is 14.6 Å². The Labute approximate surface area is 241 Å². The van der Waals surface area contributed by atoms with Gasteiger partial charge in [-0.1, -0.05) is 75.4 Å². The minimum absolute atomic E-state index is 0.108. The molecule has 1 atom stereocenters. The second kappa shape index (κ2) is 17.4. The molecule has 1 N–H and O–H groups in total. The lowest BCUT2D eigenvalue weighted by molar-refractivity contribution is -0.152. The van der Waals surface area contributed by atoms with Gasteiger partial charge < -0.3 is 14.6 Å². The molecule has 40 heavy (non-hydrogen) atoms. The maximum atomic E-state index is 12.3. The van der Waals surface area contributed by atoms with Crippen molar-refractivity contribution in [3.8, 4) is 11.8 Å². The zero-order valence-corrected chi connectivity index (χ0v) is 25.0. The van der Waals surface area contributed by atoms with Gasteiger partial charge in [0.15, 0.2) is 0 Å². The molecule has 0 bridgehead atoms. The van der Waals surface area contributed by atoms with E-state index in [9.17, 15) is 9.59 Å². The van der Waals surface area contributed by atoms with Crippen LogP contribution in [0, 0.1) is 36.5 Å². The molecule has 0 radical (unpaired) electrons. The average Bonchev–Trinajstić information content (AvgIpc) is 3.29. The summed E-state index contributed by atoms with van der Waals surface area (Å²) in [6.07, 6.45) is 6.24.